The number of fused-ring (bicyclic) bond motifs is 1. The fourth-order valence-corrected chi connectivity index (χ4v) is 5.44. The first-order valence-corrected chi connectivity index (χ1v) is 11.3. The first-order valence-electron chi connectivity index (χ1n) is 9.85. The molecule has 154 valence electrons. The van der Waals surface area contributed by atoms with Crippen LogP contribution in [-0.4, -0.2) is 58.7 Å². The van der Waals surface area contributed by atoms with Crippen LogP contribution >= 0.6 is 0 Å². The summed E-state index contributed by atoms with van der Waals surface area (Å²) in [5.41, 5.74) is 3.61. The first-order chi connectivity index (χ1) is 13.8. The Hall–Kier alpha value is -2.52. The molecule has 1 aliphatic rings. The molecule has 0 aliphatic carbocycles. The van der Waals surface area contributed by atoms with Crippen molar-refractivity contribution in [3.05, 3.63) is 46.8 Å². The lowest BCUT2D eigenvalue weighted by molar-refractivity contribution is 0.383. The molecule has 4 rings (SSSR count). The SMILES string of the molecule is CCc1nnc2ccc(N3CCN(S(=O)(=O)c4cc(C)c(C)cc4C)CC3)nn12. The van der Waals surface area contributed by atoms with Crippen LogP contribution in [0, 0.1) is 20.8 Å². The zero-order valence-corrected chi connectivity index (χ0v) is 18.1. The van der Waals surface area contributed by atoms with Crippen molar-refractivity contribution in [2.75, 3.05) is 31.1 Å². The second kappa shape index (κ2) is 7.38. The van der Waals surface area contributed by atoms with Crippen molar-refractivity contribution in [2.45, 2.75) is 39.0 Å². The van der Waals surface area contributed by atoms with Gasteiger partial charge in [-0.05, 0) is 55.7 Å². The van der Waals surface area contributed by atoms with Crippen LogP contribution in [0.1, 0.15) is 29.4 Å². The minimum absolute atomic E-state index is 0.408. The predicted octanol–water partition coefficient (Wildman–Crippen LogP) is 2.12. The highest BCUT2D eigenvalue weighted by molar-refractivity contribution is 7.89. The molecule has 3 aromatic rings. The van der Waals surface area contributed by atoms with Gasteiger partial charge >= 0.3 is 0 Å². The van der Waals surface area contributed by atoms with Crippen molar-refractivity contribution in [1.29, 1.82) is 0 Å². The van der Waals surface area contributed by atoms with Crippen molar-refractivity contribution in [3.63, 3.8) is 0 Å². The van der Waals surface area contributed by atoms with Gasteiger partial charge in [0, 0.05) is 32.6 Å². The van der Waals surface area contributed by atoms with Crippen LogP contribution in [0.3, 0.4) is 0 Å². The maximum absolute atomic E-state index is 13.2. The number of rotatable bonds is 4. The first kappa shape index (κ1) is 19.8. The largest absolute Gasteiger partial charge is 0.353 e. The summed E-state index contributed by atoms with van der Waals surface area (Å²) >= 11 is 0. The summed E-state index contributed by atoms with van der Waals surface area (Å²) in [6, 6.07) is 7.55. The summed E-state index contributed by atoms with van der Waals surface area (Å²) in [5.74, 6) is 1.62. The van der Waals surface area contributed by atoms with Gasteiger partial charge in [0.1, 0.15) is 5.82 Å². The topological polar surface area (TPSA) is 83.7 Å². The molecule has 2 aromatic heterocycles. The summed E-state index contributed by atoms with van der Waals surface area (Å²) < 4.78 is 29.8. The lowest BCUT2D eigenvalue weighted by atomic mass is 10.1. The minimum atomic E-state index is -3.51. The van der Waals surface area contributed by atoms with Gasteiger partial charge in [-0.1, -0.05) is 13.0 Å². The monoisotopic (exact) mass is 414 g/mol. The van der Waals surface area contributed by atoms with Gasteiger partial charge in [0.05, 0.1) is 4.90 Å². The molecule has 1 saturated heterocycles. The van der Waals surface area contributed by atoms with Crippen LogP contribution < -0.4 is 4.90 Å². The Labute approximate surface area is 171 Å². The molecule has 3 heterocycles. The van der Waals surface area contributed by atoms with Crippen LogP contribution in [0.4, 0.5) is 5.82 Å². The normalized spacial score (nSPS) is 15.9. The van der Waals surface area contributed by atoms with E-state index in [0.717, 1.165) is 40.4 Å². The third kappa shape index (κ3) is 3.49. The summed E-state index contributed by atoms with van der Waals surface area (Å²) in [4.78, 5) is 2.52. The average molecular weight is 415 g/mol. The van der Waals surface area contributed by atoms with E-state index in [0.29, 0.717) is 31.1 Å². The molecule has 29 heavy (non-hydrogen) atoms. The van der Waals surface area contributed by atoms with Gasteiger partial charge in [0.15, 0.2) is 11.5 Å². The minimum Gasteiger partial charge on any atom is -0.353 e. The zero-order chi connectivity index (χ0) is 20.8. The van der Waals surface area contributed by atoms with Crippen molar-refractivity contribution in [2.24, 2.45) is 0 Å². The molecule has 1 fully saturated rings. The highest BCUT2D eigenvalue weighted by atomic mass is 32.2. The zero-order valence-electron chi connectivity index (χ0n) is 17.3. The van der Waals surface area contributed by atoms with E-state index in [4.69, 9.17) is 0 Å². The second-order valence-corrected chi connectivity index (χ2v) is 9.43. The molecule has 0 N–H and O–H groups in total. The van der Waals surface area contributed by atoms with Gasteiger partial charge < -0.3 is 4.90 Å². The Bertz CT molecular complexity index is 1160. The van der Waals surface area contributed by atoms with E-state index >= 15 is 0 Å². The standard InChI is InChI=1S/C20H26N6O2S/c1-5-18-21-22-19-6-7-20(23-26(18)19)24-8-10-25(11-9-24)29(27,28)17-13-15(3)14(2)12-16(17)4/h6-7,12-13H,5,8-11H2,1-4H3. The quantitative estimate of drug-likeness (QED) is 0.650. The van der Waals surface area contributed by atoms with Gasteiger partial charge in [-0.15, -0.1) is 15.3 Å². The van der Waals surface area contributed by atoms with Crippen molar-refractivity contribution in [3.8, 4) is 0 Å². The van der Waals surface area contributed by atoms with E-state index < -0.39 is 10.0 Å². The van der Waals surface area contributed by atoms with E-state index in [9.17, 15) is 8.42 Å². The fraction of sp³-hybridized carbons (Fsp3) is 0.450. The van der Waals surface area contributed by atoms with Crippen LogP contribution in [0.2, 0.25) is 0 Å². The van der Waals surface area contributed by atoms with Crippen LogP contribution in [0.15, 0.2) is 29.2 Å². The molecular weight excluding hydrogens is 388 g/mol. The van der Waals surface area contributed by atoms with Crippen molar-refractivity contribution < 1.29 is 8.42 Å². The fourth-order valence-electron chi connectivity index (χ4n) is 3.72. The summed E-state index contributed by atoms with van der Waals surface area (Å²) in [7, 11) is -3.51. The Morgan fingerprint density at radius 3 is 2.31 bits per heavy atom. The van der Waals surface area contributed by atoms with Crippen LogP contribution in [0.5, 0.6) is 0 Å². The molecule has 8 nitrogen and oxygen atoms in total. The number of nitrogens with zero attached hydrogens (tertiary/aromatic N) is 6. The number of sulfonamides is 1. The summed E-state index contributed by atoms with van der Waals surface area (Å²) in [6.07, 6.45) is 0.749. The third-order valence-corrected chi connectivity index (χ3v) is 7.64. The third-order valence-electron chi connectivity index (χ3n) is 5.60. The van der Waals surface area contributed by atoms with E-state index in [1.165, 1.54) is 0 Å². The molecule has 0 bridgehead atoms. The van der Waals surface area contributed by atoms with Gasteiger partial charge in [0.25, 0.3) is 0 Å². The molecule has 0 saturated carbocycles. The summed E-state index contributed by atoms with van der Waals surface area (Å²) in [5, 5.41) is 12.9. The van der Waals surface area contributed by atoms with E-state index in [2.05, 4.69) is 20.2 Å². The van der Waals surface area contributed by atoms with Crippen molar-refractivity contribution in [1.82, 2.24) is 24.1 Å². The Kier molecular flexibility index (Phi) is 5.04. The number of aryl methyl sites for hydroxylation is 4. The van der Waals surface area contributed by atoms with E-state index in [-0.39, 0.29) is 0 Å². The molecule has 0 spiro atoms. The molecule has 0 radical (unpaired) electrons. The van der Waals surface area contributed by atoms with Crippen LogP contribution in [-0.2, 0) is 16.4 Å². The number of hydrogen-bond acceptors (Lipinski definition) is 6. The molecule has 0 atom stereocenters. The maximum atomic E-state index is 13.2. The lowest BCUT2D eigenvalue weighted by Crippen LogP contribution is -2.49. The van der Waals surface area contributed by atoms with Gasteiger partial charge in [0.2, 0.25) is 10.0 Å². The smallest absolute Gasteiger partial charge is 0.243 e. The molecule has 1 aliphatic heterocycles. The number of hydrogen-bond donors (Lipinski definition) is 0. The Balaban J connectivity index is 1.54. The van der Waals surface area contributed by atoms with Crippen molar-refractivity contribution >= 4 is 21.5 Å². The maximum Gasteiger partial charge on any atom is 0.243 e. The molecule has 0 amide bonds. The Morgan fingerprint density at radius 2 is 1.62 bits per heavy atom. The molecular formula is C20H26N6O2S. The highest BCUT2D eigenvalue weighted by Gasteiger charge is 2.30. The molecule has 9 heteroatoms. The molecule has 1 aromatic carbocycles. The number of benzene rings is 1. The highest BCUT2D eigenvalue weighted by Crippen LogP contribution is 2.25. The van der Waals surface area contributed by atoms with E-state index in [1.54, 1.807) is 14.9 Å². The number of anilines is 1. The van der Waals surface area contributed by atoms with E-state index in [1.807, 2.05) is 45.9 Å². The number of aromatic nitrogens is 4. The Morgan fingerprint density at radius 1 is 0.931 bits per heavy atom. The average Bonchev–Trinajstić information content (AvgIpc) is 3.13. The van der Waals surface area contributed by atoms with Gasteiger partial charge in [-0.3, -0.25) is 0 Å². The number of piperazine rings is 1. The summed E-state index contributed by atoms with van der Waals surface area (Å²) in [6.45, 7) is 9.86. The lowest BCUT2D eigenvalue weighted by Gasteiger charge is -2.34. The van der Waals surface area contributed by atoms with Gasteiger partial charge in [-0.2, -0.15) is 8.82 Å². The molecule has 0 unspecified atom stereocenters. The van der Waals surface area contributed by atoms with Gasteiger partial charge in [-0.25, -0.2) is 8.42 Å². The second-order valence-electron chi connectivity index (χ2n) is 7.52. The van der Waals surface area contributed by atoms with Crippen LogP contribution in [0.25, 0.3) is 5.65 Å². The predicted molar refractivity (Wildman–Crippen MR) is 112 cm³/mol.